The molecule has 0 aliphatic heterocycles. The highest BCUT2D eigenvalue weighted by Crippen LogP contribution is 2.26. The second kappa shape index (κ2) is 11.8. The lowest BCUT2D eigenvalue weighted by atomic mass is 10.2. The van der Waals surface area contributed by atoms with Crippen molar-refractivity contribution >= 4 is 24.2 Å². The van der Waals surface area contributed by atoms with Crippen molar-refractivity contribution in [2.75, 3.05) is 14.2 Å². The Labute approximate surface area is 179 Å². The van der Waals surface area contributed by atoms with Crippen LogP contribution in [-0.4, -0.2) is 48.7 Å². The summed E-state index contributed by atoms with van der Waals surface area (Å²) in [6.45, 7) is 0. The zero-order chi connectivity index (χ0) is 22.6. The number of aromatic hydroxyl groups is 2. The Morgan fingerprint density at radius 2 is 1.26 bits per heavy atom. The fourth-order valence-electron chi connectivity index (χ4n) is 2.43. The van der Waals surface area contributed by atoms with E-state index in [4.69, 9.17) is 9.47 Å². The van der Waals surface area contributed by atoms with Crippen LogP contribution in [0.5, 0.6) is 23.0 Å². The van der Waals surface area contributed by atoms with E-state index in [0.29, 0.717) is 29.0 Å². The number of hydrazone groups is 2. The van der Waals surface area contributed by atoms with Crippen molar-refractivity contribution in [1.29, 1.82) is 0 Å². The predicted octanol–water partition coefficient (Wildman–Crippen LogP) is 1.89. The number of nitrogens with one attached hydrogen (secondary N) is 2. The van der Waals surface area contributed by atoms with Gasteiger partial charge in [0.15, 0.2) is 23.0 Å². The maximum Gasteiger partial charge on any atom is 0.240 e. The van der Waals surface area contributed by atoms with Crippen LogP contribution in [0.4, 0.5) is 0 Å². The number of hydrogen-bond donors (Lipinski definition) is 4. The molecule has 4 N–H and O–H groups in total. The molecule has 0 saturated heterocycles. The molecule has 0 unspecified atom stereocenters. The summed E-state index contributed by atoms with van der Waals surface area (Å²) in [6, 6.07) is 9.30. The van der Waals surface area contributed by atoms with Gasteiger partial charge in [0, 0.05) is 12.8 Å². The standard InChI is InChI=1S/C21H24N4O6/c1-30-18-10-14(6-8-16(18)26)12-22-24-20(28)4-3-5-21(29)25-23-13-15-7-9-17(27)19(11-15)31-2/h6-13,26-27H,3-5H2,1-2H3,(H,24,28)(H,25,29)/b22-12-,23-13-. The molecule has 164 valence electrons. The Morgan fingerprint density at radius 3 is 1.65 bits per heavy atom. The zero-order valence-corrected chi connectivity index (χ0v) is 17.2. The van der Waals surface area contributed by atoms with Gasteiger partial charge in [-0.1, -0.05) is 0 Å². The van der Waals surface area contributed by atoms with E-state index in [0.717, 1.165) is 0 Å². The number of amides is 2. The Hall–Kier alpha value is -4.08. The van der Waals surface area contributed by atoms with Crippen LogP contribution in [0.2, 0.25) is 0 Å². The molecule has 2 aromatic carbocycles. The molecule has 0 fully saturated rings. The molecule has 10 nitrogen and oxygen atoms in total. The monoisotopic (exact) mass is 428 g/mol. The Bertz CT molecular complexity index is 897. The van der Waals surface area contributed by atoms with E-state index in [1.54, 1.807) is 24.3 Å². The minimum atomic E-state index is -0.338. The van der Waals surface area contributed by atoms with Crippen LogP contribution in [0.15, 0.2) is 46.6 Å². The molecule has 0 heterocycles. The van der Waals surface area contributed by atoms with Gasteiger partial charge < -0.3 is 19.7 Å². The first-order valence-corrected chi connectivity index (χ1v) is 9.30. The molecule has 0 aliphatic carbocycles. The normalized spacial score (nSPS) is 10.9. The van der Waals surface area contributed by atoms with Crippen LogP contribution in [0.25, 0.3) is 0 Å². The average molecular weight is 428 g/mol. The van der Waals surface area contributed by atoms with E-state index < -0.39 is 0 Å². The SMILES string of the molecule is COc1cc(/C=N\NC(=O)CCCC(=O)N/N=C\c2ccc(O)c(OC)c2)ccc1O. The first-order chi connectivity index (χ1) is 14.9. The van der Waals surface area contributed by atoms with Gasteiger partial charge in [-0.25, -0.2) is 10.9 Å². The largest absolute Gasteiger partial charge is 0.504 e. The smallest absolute Gasteiger partial charge is 0.240 e. The van der Waals surface area contributed by atoms with Crippen molar-refractivity contribution in [1.82, 2.24) is 10.9 Å². The highest BCUT2D eigenvalue weighted by atomic mass is 16.5. The number of benzene rings is 2. The zero-order valence-electron chi connectivity index (χ0n) is 17.2. The number of nitrogens with zero attached hydrogens (tertiary/aromatic N) is 2. The van der Waals surface area contributed by atoms with E-state index in [-0.39, 0.29) is 36.2 Å². The fourth-order valence-corrected chi connectivity index (χ4v) is 2.43. The molecule has 2 amide bonds. The number of ether oxygens (including phenoxy) is 2. The first kappa shape index (κ1) is 23.2. The van der Waals surface area contributed by atoms with E-state index in [1.807, 2.05) is 0 Å². The van der Waals surface area contributed by atoms with Gasteiger partial charge in [-0.2, -0.15) is 10.2 Å². The lowest BCUT2D eigenvalue weighted by Crippen LogP contribution is -2.20. The number of hydrogen-bond acceptors (Lipinski definition) is 8. The fraction of sp³-hybridized carbons (Fsp3) is 0.238. The van der Waals surface area contributed by atoms with E-state index in [2.05, 4.69) is 21.1 Å². The van der Waals surface area contributed by atoms with Crippen molar-refractivity contribution in [2.24, 2.45) is 10.2 Å². The molecule has 0 aliphatic rings. The minimum Gasteiger partial charge on any atom is -0.504 e. The van der Waals surface area contributed by atoms with Crippen molar-refractivity contribution in [2.45, 2.75) is 19.3 Å². The van der Waals surface area contributed by atoms with Gasteiger partial charge in [-0.3, -0.25) is 9.59 Å². The summed E-state index contributed by atoms with van der Waals surface area (Å²) in [6.07, 6.45) is 3.38. The van der Waals surface area contributed by atoms with Crippen LogP contribution in [0.1, 0.15) is 30.4 Å². The summed E-state index contributed by atoms with van der Waals surface area (Å²) in [5.74, 6) is -0.0610. The van der Waals surface area contributed by atoms with Gasteiger partial charge in [-0.15, -0.1) is 0 Å². The molecule has 0 atom stereocenters. The Balaban J connectivity index is 1.69. The maximum absolute atomic E-state index is 11.8. The average Bonchev–Trinajstić information content (AvgIpc) is 2.76. The minimum absolute atomic E-state index is 0.00842. The third-order valence-corrected chi connectivity index (χ3v) is 4.02. The summed E-state index contributed by atoms with van der Waals surface area (Å²) >= 11 is 0. The van der Waals surface area contributed by atoms with Crippen molar-refractivity contribution in [3.8, 4) is 23.0 Å². The molecule has 0 spiro atoms. The molecular formula is C21H24N4O6. The van der Waals surface area contributed by atoms with E-state index in [1.165, 1.54) is 38.8 Å². The molecular weight excluding hydrogens is 404 g/mol. The Kier molecular flexibility index (Phi) is 8.84. The van der Waals surface area contributed by atoms with Crippen LogP contribution in [0.3, 0.4) is 0 Å². The second-order valence-electron chi connectivity index (χ2n) is 6.30. The highest BCUT2D eigenvalue weighted by Gasteiger charge is 2.05. The lowest BCUT2D eigenvalue weighted by Gasteiger charge is -2.04. The lowest BCUT2D eigenvalue weighted by molar-refractivity contribution is -0.122. The molecule has 0 radical (unpaired) electrons. The van der Waals surface area contributed by atoms with Crippen molar-refractivity contribution in [3.63, 3.8) is 0 Å². The number of phenolic OH excluding ortho intramolecular Hbond substituents is 2. The molecule has 31 heavy (non-hydrogen) atoms. The van der Waals surface area contributed by atoms with Gasteiger partial charge in [-0.05, 0) is 53.9 Å². The second-order valence-corrected chi connectivity index (χ2v) is 6.30. The van der Waals surface area contributed by atoms with E-state index in [9.17, 15) is 19.8 Å². The summed E-state index contributed by atoms with van der Waals surface area (Å²) < 4.78 is 9.99. The molecule has 2 rings (SSSR count). The van der Waals surface area contributed by atoms with Crippen LogP contribution in [-0.2, 0) is 9.59 Å². The topological polar surface area (TPSA) is 142 Å². The first-order valence-electron chi connectivity index (χ1n) is 9.30. The van der Waals surface area contributed by atoms with Crippen molar-refractivity contribution < 1.29 is 29.3 Å². The third kappa shape index (κ3) is 7.69. The number of carbonyl (C=O) groups is 2. The summed E-state index contributed by atoms with van der Waals surface area (Å²) in [4.78, 5) is 23.6. The molecule has 0 aromatic heterocycles. The van der Waals surface area contributed by atoms with Crippen molar-refractivity contribution in [3.05, 3.63) is 47.5 Å². The van der Waals surface area contributed by atoms with Gasteiger partial charge in [0.05, 0.1) is 26.6 Å². The van der Waals surface area contributed by atoms with Crippen LogP contribution < -0.4 is 20.3 Å². The van der Waals surface area contributed by atoms with Gasteiger partial charge in [0.25, 0.3) is 0 Å². The van der Waals surface area contributed by atoms with E-state index >= 15 is 0 Å². The summed E-state index contributed by atoms with van der Waals surface area (Å²) in [5.41, 5.74) is 6.02. The number of methoxy groups -OCH3 is 2. The molecule has 10 heteroatoms. The molecule has 0 bridgehead atoms. The number of carbonyl (C=O) groups excluding carboxylic acids is 2. The molecule has 2 aromatic rings. The van der Waals surface area contributed by atoms with Gasteiger partial charge >= 0.3 is 0 Å². The maximum atomic E-state index is 11.8. The predicted molar refractivity (Wildman–Crippen MR) is 115 cm³/mol. The van der Waals surface area contributed by atoms with Gasteiger partial charge in [0.2, 0.25) is 11.8 Å². The number of rotatable bonds is 10. The number of phenols is 2. The highest BCUT2D eigenvalue weighted by molar-refractivity contribution is 5.84. The Morgan fingerprint density at radius 1 is 0.839 bits per heavy atom. The molecule has 0 saturated carbocycles. The summed E-state index contributed by atoms with van der Waals surface area (Å²) in [5, 5.41) is 26.7. The quantitative estimate of drug-likeness (QED) is 0.336. The summed E-state index contributed by atoms with van der Waals surface area (Å²) in [7, 11) is 2.87. The van der Waals surface area contributed by atoms with Gasteiger partial charge in [0.1, 0.15) is 0 Å². The third-order valence-electron chi connectivity index (χ3n) is 4.02. The van der Waals surface area contributed by atoms with Crippen LogP contribution >= 0.6 is 0 Å². The van der Waals surface area contributed by atoms with Crippen LogP contribution in [0, 0.1) is 0 Å².